The maximum Gasteiger partial charge on any atom is 0.306 e. The Morgan fingerprint density at radius 3 is 3.07 bits per heavy atom. The molecule has 1 N–H and O–H groups in total. The van der Waals surface area contributed by atoms with Gasteiger partial charge in [0.1, 0.15) is 11.9 Å². The van der Waals surface area contributed by atoms with Crippen molar-refractivity contribution in [1.82, 2.24) is 0 Å². The van der Waals surface area contributed by atoms with E-state index in [1.165, 1.54) is 5.57 Å². The molecule has 1 fully saturated rings. The number of hydrogen-bond donors (Lipinski definition) is 1. The van der Waals surface area contributed by atoms with Gasteiger partial charge in [0.25, 0.3) is 0 Å². The molecule has 6 heteroatoms. The summed E-state index contributed by atoms with van der Waals surface area (Å²) >= 11 is 0. The Hall–Kier alpha value is -1.82. The fourth-order valence-corrected chi connectivity index (χ4v) is 5.25. The van der Waals surface area contributed by atoms with Gasteiger partial charge in [-0.2, -0.15) is 0 Å². The minimum Gasteiger partial charge on any atom is -0.493 e. The number of esters is 1. The van der Waals surface area contributed by atoms with E-state index in [4.69, 9.17) is 19.2 Å². The smallest absolute Gasteiger partial charge is 0.306 e. The highest BCUT2D eigenvalue weighted by atomic mass is 16.5. The lowest BCUT2D eigenvalue weighted by molar-refractivity contribution is -0.143. The number of methoxy groups -OCH3 is 1. The third-order valence-corrected chi connectivity index (χ3v) is 6.29. The van der Waals surface area contributed by atoms with E-state index in [1.807, 2.05) is 6.92 Å². The van der Waals surface area contributed by atoms with E-state index >= 15 is 0 Å². The molecular weight excluding hydrogens is 346 g/mol. The number of nitrogens with zero attached hydrogens (tertiary/aromatic N) is 1. The fourth-order valence-electron chi connectivity index (χ4n) is 5.25. The molecule has 0 aromatic carbocycles. The summed E-state index contributed by atoms with van der Waals surface area (Å²) < 4.78 is 17.1. The van der Waals surface area contributed by atoms with Gasteiger partial charge in [0.2, 0.25) is 5.90 Å². The summed E-state index contributed by atoms with van der Waals surface area (Å²) in [5.41, 5.74) is 2.03. The van der Waals surface area contributed by atoms with Gasteiger partial charge in [-0.05, 0) is 32.6 Å². The van der Waals surface area contributed by atoms with E-state index in [1.54, 1.807) is 7.11 Å². The minimum atomic E-state index is -0.436. The average Bonchev–Trinajstić information content (AvgIpc) is 2.89. The van der Waals surface area contributed by atoms with E-state index in [-0.39, 0.29) is 23.5 Å². The van der Waals surface area contributed by atoms with Crippen molar-refractivity contribution in [3.8, 4) is 0 Å². The van der Waals surface area contributed by atoms with Crippen LogP contribution in [0.4, 0.5) is 0 Å². The molecule has 6 nitrogen and oxygen atoms in total. The maximum atomic E-state index is 11.9. The third kappa shape index (κ3) is 3.18. The number of carbonyl (C=O) groups is 1. The molecule has 0 amide bonds. The van der Waals surface area contributed by atoms with Gasteiger partial charge >= 0.3 is 5.97 Å². The highest BCUT2D eigenvalue weighted by molar-refractivity contribution is 5.95. The van der Waals surface area contributed by atoms with Crippen molar-refractivity contribution >= 4 is 11.9 Å². The summed E-state index contributed by atoms with van der Waals surface area (Å²) in [6.45, 7) is 2.20. The largest absolute Gasteiger partial charge is 0.493 e. The van der Waals surface area contributed by atoms with Crippen LogP contribution in [-0.4, -0.2) is 48.9 Å². The highest BCUT2D eigenvalue weighted by Crippen LogP contribution is 2.57. The van der Waals surface area contributed by atoms with Crippen LogP contribution in [0.5, 0.6) is 0 Å². The zero-order valence-corrected chi connectivity index (χ0v) is 16.2. The lowest BCUT2D eigenvalue weighted by atomic mass is 9.64. The SMILES string of the molecule is CCOC(=O)CCC1=CC23CCCC[C@@H]2OC2=C3[C@H](C[C@@H](O)C2)N=C1OC. The zero-order valence-electron chi connectivity index (χ0n) is 16.2. The normalized spacial score (nSPS) is 34.6. The first kappa shape index (κ1) is 18.5. The van der Waals surface area contributed by atoms with E-state index in [0.717, 1.165) is 37.0 Å². The third-order valence-electron chi connectivity index (χ3n) is 6.29. The summed E-state index contributed by atoms with van der Waals surface area (Å²) in [4.78, 5) is 16.8. The lowest BCUT2D eigenvalue weighted by Crippen LogP contribution is -2.38. The number of aliphatic hydroxyl groups is 1. The average molecular weight is 375 g/mol. The van der Waals surface area contributed by atoms with Gasteiger partial charge < -0.3 is 19.3 Å². The zero-order chi connectivity index (χ0) is 19.0. The molecule has 1 spiro atoms. The van der Waals surface area contributed by atoms with E-state index in [2.05, 4.69) is 6.08 Å². The predicted molar refractivity (Wildman–Crippen MR) is 100 cm³/mol. The first-order valence-electron chi connectivity index (χ1n) is 10.1. The molecule has 0 bridgehead atoms. The molecule has 1 saturated carbocycles. The van der Waals surface area contributed by atoms with Gasteiger partial charge in [0.05, 0.1) is 31.3 Å². The Morgan fingerprint density at radius 2 is 2.30 bits per heavy atom. The maximum absolute atomic E-state index is 11.9. The van der Waals surface area contributed by atoms with Gasteiger partial charge in [-0.1, -0.05) is 12.5 Å². The monoisotopic (exact) mass is 375 g/mol. The predicted octanol–water partition coefficient (Wildman–Crippen LogP) is 3.05. The summed E-state index contributed by atoms with van der Waals surface area (Å²) in [7, 11) is 1.62. The molecule has 148 valence electrons. The summed E-state index contributed by atoms with van der Waals surface area (Å²) in [5.74, 6) is 1.32. The Morgan fingerprint density at radius 1 is 1.44 bits per heavy atom. The molecule has 2 aliphatic heterocycles. The van der Waals surface area contributed by atoms with Crippen molar-refractivity contribution < 1.29 is 24.1 Å². The van der Waals surface area contributed by atoms with Crippen LogP contribution < -0.4 is 0 Å². The van der Waals surface area contributed by atoms with Crippen LogP contribution in [0.3, 0.4) is 0 Å². The van der Waals surface area contributed by atoms with Crippen LogP contribution in [0, 0.1) is 5.41 Å². The van der Waals surface area contributed by atoms with Crippen molar-refractivity contribution in [2.24, 2.45) is 10.4 Å². The second-order valence-corrected chi connectivity index (χ2v) is 7.95. The number of aliphatic imine (C=N–C) groups is 1. The van der Waals surface area contributed by atoms with Gasteiger partial charge in [-0.25, -0.2) is 4.99 Å². The van der Waals surface area contributed by atoms with Crippen LogP contribution >= 0.6 is 0 Å². The Labute approximate surface area is 160 Å². The lowest BCUT2D eigenvalue weighted by Gasteiger charge is -2.39. The van der Waals surface area contributed by atoms with Gasteiger partial charge in [0, 0.05) is 30.4 Å². The Balaban J connectivity index is 1.74. The van der Waals surface area contributed by atoms with Crippen molar-refractivity contribution in [2.75, 3.05) is 13.7 Å². The molecule has 4 atom stereocenters. The van der Waals surface area contributed by atoms with Crippen molar-refractivity contribution in [3.63, 3.8) is 0 Å². The molecule has 4 rings (SSSR count). The van der Waals surface area contributed by atoms with E-state index in [9.17, 15) is 9.90 Å². The van der Waals surface area contributed by atoms with Crippen LogP contribution in [0.1, 0.15) is 58.3 Å². The number of carbonyl (C=O) groups excluding carboxylic acids is 1. The summed E-state index contributed by atoms with van der Waals surface area (Å²) in [5, 5.41) is 10.3. The molecule has 0 saturated heterocycles. The van der Waals surface area contributed by atoms with Crippen LogP contribution in [0.25, 0.3) is 0 Å². The summed E-state index contributed by atoms with van der Waals surface area (Å²) in [6.07, 6.45) is 8.32. The van der Waals surface area contributed by atoms with Crippen molar-refractivity contribution in [2.45, 2.75) is 76.5 Å². The second-order valence-electron chi connectivity index (χ2n) is 7.95. The van der Waals surface area contributed by atoms with Crippen molar-refractivity contribution in [3.05, 3.63) is 23.0 Å². The minimum absolute atomic E-state index is 0.105. The second kappa shape index (κ2) is 7.30. The molecule has 0 aromatic heterocycles. The molecule has 1 unspecified atom stereocenters. The number of hydrogen-bond acceptors (Lipinski definition) is 6. The van der Waals surface area contributed by atoms with E-state index in [0.29, 0.717) is 38.2 Å². The van der Waals surface area contributed by atoms with Gasteiger partial charge in [-0.15, -0.1) is 0 Å². The quantitative estimate of drug-likeness (QED) is 0.764. The Kier molecular flexibility index (Phi) is 5.01. The molecule has 4 aliphatic rings. The summed E-state index contributed by atoms with van der Waals surface area (Å²) in [6, 6.07) is -0.113. The highest BCUT2D eigenvalue weighted by Gasteiger charge is 2.55. The first-order chi connectivity index (χ1) is 13.1. The molecule has 0 radical (unpaired) electrons. The van der Waals surface area contributed by atoms with E-state index < -0.39 is 6.10 Å². The van der Waals surface area contributed by atoms with Crippen LogP contribution in [-0.2, 0) is 19.0 Å². The molecule has 2 heterocycles. The standard InChI is InChI=1S/C21H29NO5/c1-3-26-18(24)8-7-13-12-21-9-5-4-6-17(21)27-16-11-14(23)10-15(19(16)21)22-20(13)25-2/h12,14-15,17,23H,3-11H2,1-2H3/t14-,15+,17+,21?/m1/s1. The topological polar surface area (TPSA) is 77.4 Å². The molecular formula is C21H29NO5. The molecule has 0 aromatic rings. The Bertz CT molecular complexity index is 709. The number of aliphatic hydroxyl groups excluding tert-OH is 1. The van der Waals surface area contributed by atoms with Gasteiger partial charge in [0.15, 0.2) is 0 Å². The molecule has 2 aliphatic carbocycles. The number of rotatable bonds is 4. The van der Waals surface area contributed by atoms with Crippen molar-refractivity contribution in [1.29, 1.82) is 0 Å². The van der Waals surface area contributed by atoms with Gasteiger partial charge in [-0.3, -0.25) is 4.79 Å². The molecule has 27 heavy (non-hydrogen) atoms. The van der Waals surface area contributed by atoms with Crippen LogP contribution in [0.2, 0.25) is 0 Å². The fraction of sp³-hybridized carbons (Fsp3) is 0.714. The van der Waals surface area contributed by atoms with Crippen LogP contribution in [0.15, 0.2) is 28.0 Å². The first-order valence-corrected chi connectivity index (χ1v) is 10.1. The number of ether oxygens (including phenoxy) is 3.